The van der Waals surface area contributed by atoms with Gasteiger partial charge in [-0.25, -0.2) is 8.78 Å². The van der Waals surface area contributed by atoms with Crippen LogP contribution in [0.4, 0.5) is 8.78 Å². The topological polar surface area (TPSA) is 57.6 Å². The Hall–Kier alpha value is -1.98. The van der Waals surface area contributed by atoms with E-state index in [9.17, 15) is 18.4 Å². The molecule has 1 aliphatic heterocycles. The molecule has 2 rings (SSSR count). The van der Waals surface area contributed by atoms with Gasteiger partial charge in [0.2, 0.25) is 0 Å². The second-order valence-corrected chi connectivity index (χ2v) is 5.02. The van der Waals surface area contributed by atoms with E-state index in [1.54, 1.807) is 0 Å². The molecule has 20 heavy (non-hydrogen) atoms. The summed E-state index contributed by atoms with van der Waals surface area (Å²) in [5.74, 6) is -3.07. The van der Waals surface area contributed by atoms with Gasteiger partial charge in [0.1, 0.15) is 11.6 Å². The molecule has 1 aromatic rings. The van der Waals surface area contributed by atoms with Gasteiger partial charge >= 0.3 is 5.97 Å². The predicted octanol–water partition coefficient (Wildman–Crippen LogP) is 2.29. The van der Waals surface area contributed by atoms with E-state index in [0.717, 1.165) is 18.6 Å². The lowest BCUT2D eigenvalue weighted by Gasteiger charge is -2.32. The number of piperidine rings is 1. The zero-order valence-corrected chi connectivity index (χ0v) is 10.8. The summed E-state index contributed by atoms with van der Waals surface area (Å²) < 4.78 is 26.2. The summed E-state index contributed by atoms with van der Waals surface area (Å²) in [6, 6.07) is 2.69. The highest BCUT2D eigenvalue weighted by molar-refractivity contribution is 5.94. The van der Waals surface area contributed by atoms with Crippen molar-refractivity contribution in [3.8, 4) is 0 Å². The molecule has 1 fully saturated rings. The number of carbonyl (C=O) groups is 2. The van der Waals surface area contributed by atoms with Crippen LogP contribution in [0.1, 0.15) is 29.6 Å². The average Bonchev–Trinajstić information content (AvgIpc) is 2.36. The average molecular weight is 283 g/mol. The summed E-state index contributed by atoms with van der Waals surface area (Å²) in [4.78, 5) is 24.3. The molecule has 1 aromatic carbocycles. The number of aliphatic carboxylic acids is 1. The largest absolute Gasteiger partial charge is 0.481 e. The number of nitrogens with zero attached hydrogens (tertiary/aromatic N) is 1. The minimum atomic E-state index is -0.902. The van der Waals surface area contributed by atoms with Crippen molar-refractivity contribution in [2.75, 3.05) is 13.1 Å². The molecule has 1 atom stereocenters. The normalized spacial score (nSPS) is 18.9. The van der Waals surface area contributed by atoms with Gasteiger partial charge in [0, 0.05) is 31.1 Å². The summed E-state index contributed by atoms with van der Waals surface area (Å²) in [5.41, 5.74) is -0.0431. The van der Waals surface area contributed by atoms with E-state index >= 15 is 0 Å². The monoisotopic (exact) mass is 283 g/mol. The van der Waals surface area contributed by atoms with Gasteiger partial charge < -0.3 is 10.0 Å². The first kappa shape index (κ1) is 14.4. The second kappa shape index (κ2) is 5.98. The Labute approximate surface area is 115 Å². The van der Waals surface area contributed by atoms with E-state index in [1.807, 2.05) is 0 Å². The highest BCUT2D eigenvalue weighted by Crippen LogP contribution is 2.21. The molecular formula is C14H15F2NO3. The zero-order valence-electron chi connectivity index (χ0n) is 10.8. The van der Waals surface area contributed by atoms with Crippen LogP contribution in [0.15, 0.2) is 18.2 Å². The standard InChI is InChI=1S/C14H15F2NO3/c15-11-5-10(6-12(16)7-11)14(20)17-3-1-2-9(8-17)4-13(18)19/h5-7,9H,1-4,8H2,(H,18,19). The lowest BCUT2D eigenvalue weighted by atomic mass is 9.94. The molecule has 1 N–H and O–H groups in total. The maximum absolute atomic E-state index is 13.1. The van der Waals surface area contributed by atoms with Gasteiger partial charge in [-0.2, -0.15) is 0 Å². The summed E-state index contributed by atoms with van der Waals surface area (Å²) in [6.07, 6.45) is 1.44. The fourth-order valence-corrected chi connectivity index (χ4v) is 2.52. The van der Waals surface area contributed by atoms with E-state index in [1.165, 1.54) is 4.90 Å². The van der Waals surface area contributed by atoms with Gasteiger partial charge in [0.15, 0.2) is 0 Å². The molecule has 1 unspecified atom stereocenters. The zero-order chi connectivity index (χ0) is 14.7. The van der Waals surface area contributed by atoms with Gasteiger partial charge in [-0.15, -0.1) is 0 Å². The maximum atomic E-state index is 13.1. The Morgan fingerprint density at radius 1 is 1.25 bits per heavy atom. The van der Waals surface area contributed by atoms with Crippen molar-refractivity contribution in [1.29, 1.82) is 0 Å². The Kier molecular flexibility index (Phi) is 4.32. The number of halogens is 2. The quantitative estimate of drug-likeness (QED) is 0.926. The summed E-state index contributed by atoms with van der Waals surface area (Å²) in [6.45, 7) is 0.788. The van der Waals surface area contributed by atoms with Crippen molar-refractivity contribution in [3.63, 3.8) is 0 Å². The Balaban J connectivity index is 2.10. The van der Waals surface area contributed by atoms with Crippen LogP contribution in [0.3, 0.4) is 0 Å². The number of amides is 1. The first-order valence-electron chi connectivity index (χ1n) is 6.43. The molecule has 6 heteroatoms. The number of carbonyl (C=O) groups excluding carboxylic acids is 1. The van der Waals surface area contributed by atoms with Gasteiger partial charge in [-0.3, -0.25) is 9.59 Å². The van der Waals surface area contributed by atoms with E-state index in [-0.39, 0.29) is 17.9 Å². The van der Waals surface area contributed by atoms with Gasteiger partial charge in [0.05, 0.1) is 0 Å². The van der Waals surface area contributed by atoms with Crippen LogP contribution in [0.25, 0.3) is 0 Å². The number of carboxylic acid groups (broad SMARTS) is 1. The van der Waals surface area contributed by atoms with E-state index in [4.69, 9.17) is 5.11 Å². The van der Waals surface area contributed by atoms with Crippen molar-refractivity contribution in [2.45, 2.75) is 19.3 Å². The number of hydrogen-bond acceptors (Lipinski definition) is 2. The Morgan fingerprint density at radius 2 is 1.90 bits per heavy atom. The third-order valence-electron chi connectivity index (χ3n) is 3.38. The van der Waals surface area contributed by atoms with Crippen LogP contribution < -0.4 is 0 Å². The van der Waals surface area contributed by atoms with Crippen LogP contribution in [0.5, 0.6) is 0 Å². The fraction of sp³-hybridized carbons (Fsp3) is 0.429. The lowest BCUT2D eigenvalue weighted by Crippen LogP contribution is -2.40. The number of likely N-dealkylation sites (tertiary alicyclic amines) is 1. The fourth-order valence-electron chi connectivity index (χ4n) is 2.52. The molecule has 1 saturated heterocycles. The molecule has 0 radical (unpaired) electrons. The summed E-state index contributed by atoms with van der Waals surface area (Å²) >= 11 is 0. The molecule has 108 valence electrons. The first-order chi connectivity index (χ1) is 9.45. The molecule has 0 aliphatic carbocycles. The maximum Gasteiger partial charge on any atom is 0.303 e. The van der Waals surface area contributed by atoms with Crippen molar-refractivity contribution >= 4 is 11.9 Å². The van der Waals surface area contributed by atoms with Crippen LogP contribution in [-0.2, 0) is 4.79 Å². The van der Waals surface area contributed by atoms with Crippen molar-refractivity contribution in [2.24, 2.45) is 5.92 Å². The second-order valence-electron chi connectivity index (χ2n) is 5.02. The van der Waals surface area contributed by atoms with Crippen LogP contribution in [0, 0.1) is 17.6 Å². The molecule has 0 bridgehead atoms. The highest BCUT2D eigenvalue weighted by Gasteiger charge is 2.26. The molecular weight excluding hydrogens is 268 g/mol. The number of hydrogen-bond donors (Lipinski definition) is 1. The molecule has 4 nitrogen and oxygen atoms in total. The number of carboxylic acids is 1. The minimum absolute atomic E-state index is 0.00128. The summed E-state index contributed by atoms with van der Waals surface area (Å²) in [5, 5.41) is 8.78. The molecule has 1 heterocycles. The SMILES string of the molecule is O=C(O)CC1CCCN(C(=O)c2cc(F)cc(F)c2)C1. The number of rotatable bonds is 3. The van der Waals surface area contributed by atoms with Gasteiger partial charge in [0.25, 0.3) is 5.91 Å². The lowest BCUT2D eigenvalue weighted by molar-refractivity contribution is -0.138. The van der Waals surface area contributed by atoms with E-state index in [0.29, 0.717) is 25.6 Å². The smallest absolute Gasteiger partial charge is 0.303 e. The van der Waals surface area contributed by atoms with Crippen LogP contribution >= 0.6 is 0 Å². The molecule has 0 spiro atoms. The van der Waals surface area contributed by atoms with Gasteiger partial charge in [-0.1, -0.05) is 0 Å². The van der Waals surface area contributed by atoms with Gasteiger partial charge in [-0.05, 0) is 30.9 Å². The van der Waals surface area contributed by atoms with Crippen LogP contribution in [0.2, 0.25) is 0 Å². The van der Waals surface area contributed by atoms with E-state index in [2.05, 4.69) is 0 Å². The minimum Gasteiger partial charge on any atom is -0.481 e. The predicted molar refractivity (Wildman–Crippen MR) is 67.2 cm³/mol. The summed E-state index contributed by atoms with van der Waals surface area (Å²) in [7, 11) is 0. The first-order valence-corrected chi connectivity index (χ1v) is 6.43. The van der Waals surface area contributed by atoms with Crippen molar-refractivity contribution in [3.05, 3.63) is 35.4 Å². The third kappa shape index (κ3) is 3.53. The van der Waals surface area contributed by atoms with Crippen LogP contribution in [-0.4, -0.2) is 35.0 Å². The molecule has 1 aliphatic rings. The van der Waals surface area contributed by atoms with E-state index < -0.39 is 23.5 Å². The number of benzene rings is 1. The Bertz CT molecular complexity index is 513. The molecule has 0 aromatic heterocycles. The molecule has 0 saturated carbocycles. The Morgan fingerprint density at radius 3 is 2.50 bits per heavy atom. The highest BCUT2D eigenvalue weighted by atomic mass is 19.1. The van der Waals surface area contributed by atoms with Crippen molar-refractivity contribution < 1.29 is 23.5 Å². The molecule has 1 amide bonds. The third-order valence-corrected chi connectivity index (χ3v) is 3.38. The van der Waals surface area contributed by atoms with Crippen molar-refractivity contribution in [1.82, 2.24) is 4.90 Å².